The summed E-state index contributed by atoms with van der Waals surface area (Å²) in [6, 6.07) is 0. The Balaban J connectivity index is 2.13. The van der Waals surface area contributed by atoms with E-state index in [0.717, 1.165) is 19.6 Å². The zero-order chi connectivity index (χ0) is 7.40. The first kappa shape index (κ1) is 8.74. The summed E-state index contributed by atoms with van der Waals surface area (Å²) in [6.07, 6.45) is 2.67. The molecule has 1 aliphatic heterocycles. The van der Waals surface area contributed by atoms with Crippen molar-refractivity contribution in [2.24, 2.45) is 0 Å². The van der Waals surface area contributed by atoms with Gasteiger partial charge in [-0.15, -0.1) is 0 Å². The standard InChI is InChI=1S/C7H13IO2/c1-2-3-6-4-10-7(8)5-9-6/h6-7H,2-5H2,1H3. The molecule has 1 aliphatic rings. The van der Waals surface area contributed by atoms with E-state index >= 15 is 0 Å². The highest BCUT2D eigenvalue weighted by Gasteiger charge is 2.18. The van der Waals surface area contributed by atoms with Crippen LogP contribution in [0.1, 0.15) is 19.8 Å². The van der Waals surface area contributed by atoms with Gasteiger partial charge in [-0.2, -0.15) is 0 Å². The van der Waals surface area contributed by atoms with Gasteiger partial charge in [-0.25, -0.2) is 0 Å². The lowest BCUT2D eigenvalue weighted by Crippen LogP contribution is -2.32. The zero-order valence-electron chi connectivity index (χ0n) is 6.18. The van der Waals surface area contributed by atoms with Crippen molar-refractivity contribution in [1.29, 1.82) is 0 Å². The first-order valence-corrected chi connectivity index (χ1v) is 4.94. The summed E-state index contributed by atoms with van der Waals surface area (Å²) < 4.78 is 11.2. The minimum absolute atomic E-state index is 0.269. The Morgan fingerprint density at radius 3 is 2.70 bits per heavy atom. The molecule has 0 aromatic heterocycles. The highest BCUT2D eigenvalue weighted by molar-refractivity contribution is 14.1. The van der Waals surface area contributed by atoms with Crippen LogP contribution in [0, 0.1) is 0 Å². The molecule has 0 aromatic carbocycles. The third kappa shape index (κ3) is 2.72. The van der Waals surface area contributed by atoms with Crippen molar-refractivity contribution < 1.29 is 9.47 Å². The molecule has 0 spiro atoms. The molecule has 60 valence electrons. The first-order valence-electron chi connectivity index (χ1n) is 3.70. The summed E-state index contributed by atoms with van der Waals surface area (Å²) in [5.41, 5.74) is 0. The van der Waals surface area contributed by atoms with Crippen molar-refractivity contribution in [2.75, 3.05) is 13.2 Å². The molecule has 0 aromatic rings. The van der Waals surface area contributed by atoms with Gasteiger partial charge in [0, 0.05) is 0 Å². The third-order valence-corrected chi connectivity index (χ3v) is 2.26. The monoisotopic (exact) mass is 256 g/mol. The van der Waals surface area contributed by atoms with Gasteiger partial charge in [-0.05, 0) is 29.0 Å². The molecule has 0 amide bonds. The van der Waals surface area contributed by atoms with E-state index < -0.39 is 0 Å². The quantitative estimate of drug-likeness (QED) is 0.555. The van der Waals surface area contributed by atoms with Crippen LogP contribution >= 0.6 is 22.6 Å². The van der Waals surface area contributed by atoms with Gasteiger partial charge in [0.15, 0.2) is 0 Å². The van der Waals surface area contributed by atoms with Crippen LogP contribution in [-0.4, -0.2) is 23.4 Å². The molecule has 2 atom stereocenters. The van der Waals surface area contributed by atoms with Crippen molar-refractivity contribution in [3.8, 4) is 0 Å². The molecule has 2 nitrogen and oxygen atoms in total. The maximum absolute atomic E-state index is 5.50. The average molecular weight is 256 g/mol. The van der Waals surface area contributed by atoms with E-state index in [4.69, 9.17) is 9.47 Å². The Morgan fingerprint density at radius 1 is 1.40 bits per heavy atom. The predicted octanol–water partition coefficient (Wildman–Crippen LogP) is 1.96. The Morgan fingerprint density at radius 2 is 2.20 bits per heavy atom. The Kier molecular flexibility index (Phi) is 3.95. The molecule has 0 saturated carbocycles. The van der Waals surface area contributed by atoms with Gasteiger partial charge in [0.1, 0.15) is 4.11 Å². The van der Waals surface area contributed by atoms with Gasteiger partial charge < -0.3 is 9.47 Å². The number of halogens is 1. The molecule has 0 bridgehead atoms. The van der Waals surface area contributed by atoms with E-state index in [9.17, 15) is 0 Å². The normalized spacial score (nSPS) is 34.2. The van der Waals surface area contributed by atoms with E-state index in [0.29, 0.717) is 6.10 Å². The minimum atomic E-state index is 0.269. The Labute approximate surface area is 75.4 Å². The minimum Gasteiger partial charge on any atom is -0.372 e. The van der Waals surface area contributed by atoms with Gasteiger partial charge in [0.2, 0.25) is 0 Å². The number of alkyl halides is 1. The second-order valence-electron chi connectivity index (χ2n) is 2.49. The zero-order valence-corrected chi connectivity index (χ0v) is 8.34. The molecule has 1 fully saturated rings. The summed E-state index contributed by atoms with van der Waals surface area (Å²) in [5.74, 6) is 0. The van der Waals surface area contributed by atoms with Crippen LogP contribution in [0.4, 0.5) is 0 Å². The largest absolute Gasteiger partial charge is 0.372 e. The Bertz CT molecular complexity index is 89.6. The number of ether oxygens (including phenoxy) is 2. The van der Waals surface area contributed by atoms with Crippen LogP contribution < -0.4 is 0 Å². The average Bonchev–Trinajstić information content (AvgIpc) is 1.95. The second kappa shape index (κ2) is 4.51. The molecule has 1 rings (SSSR count). The maximum Gasteiger partial charge on any atom is 0.132 e. The van der Waals surface area contributed by atoms with Gasteiger partial charge in [0.25, 0.3) is 0 Å². The van der Waals surface area contributed by atoms with Crippen LogP contribution in [-0.2, 0) is 9.47 Å². The Hall–Kier alpha value is 0.650. The van der Waals surface area contributed by atoms with Crippen molar-refractivity contribution in [2.45, 2.75) is 30.0 Å². The lowest BCUT2D eigenvalue weighted by molar-refractivity contribution is -0.0981. The second-order valence-corrected chi connectivity index (χ2v) is 3.88. The fourth-order valence-corrected chi connectivity index (χ4v) is 1.42. The lowest BCUT2D eigenvalue weighted by Gasteiger charge is -2.25. The number of rotatable bonds is 2. The maximum atomic E-state index is 5.50. The molecule has 0 aliphatic carbocycles. The van der Waals surface area contributed by atoms with Crippen molar-refractivity contribution in [3.05, 3.63) is 0 Å². The fourth-order valence-electron chi connectivity index (χ4n) is 1.01. The number of hydrogen-bond acceptors (Lipinski definition) is 2. The third-order valence-electron chi connectivity index (χ3n) is 1.54. The van der Waals surface area contributed by atoms with E-state index in [1.165, 1.54) is 6.42 Å². The van der Waals surface area contributed by atoms with Gasteiger partial charge >= 0.3 is 0 Å². The van der Waals surface area contributed by atoms with Crippen molar-refractivity contribution >= 4 is 22.6 Å². The van der Waals surface area contributed by atoms with E-state index in [1.807, 2.05) is 0 Å². The van der Waals surface area contributed by atoms with Crippen LogP contribution in [0.3, 0.4) is 0 Å². The van der Waals surface area contributed by atoms with Crippen molar-refractivity contribution in [3.63, 3.8) is 0 Å². The smallest absolute Gasteiger partial charge is 0.132 e. The number of hydrogen-bond donors (Lipinski definition) is 0. The van der Waals surface area contributed by atoms with E-state index in [-0.39, 0.29) is 4.11 Å². The van der Waals surface area contributed by atoms with Crippen LogP contribution in [0.2, 0.25) is 0 Å². The van der Waals surface area contributed by atoms with E-state index in [2.05, 4.69) is 29.5 Å². The summed E-state index contributed by atoms with van der Waals surface area (Å²) in [5, 5.41) is 0. The molecule has 0 radical (unpaired) electrons. The SMILES string of the molecule is CCCC1COC(I)CO1. The van der Waals surface area contributed by atoms with Crippen LogP contribution in [0.15, 0.2) is 0 Å². The molecule has 10 heavy (non-hydrogen) atoms. The molecule has 2 unspecified atom stereocenters. The molecule has 3 heteroatoms. The summed E-state index contributed by atoms with van der Waals surface area (Å²) in [7, 11) is 0. The van der Waals surface area contributed by atoms with Gasteiger partial charge in [-0.1, -0.05) is 13.3 Å². The lowest BCUT2D eigenvalue weighted by atomic mass is 10.2. The van der Waals surface area contributed by atoms with E-state index in [1.54, 1.807) is 0 Å². The first-order chi connectivity index (χ1) is 4.83. The highest BCUT2D eigenvalue weighted by atomic mass is 127. The predicted molar refractivity (Wildman–Crippen MR) is 48.4 cm³/mol. The molecule has 1 saturated heterocycles. The molecule has 0 N–H and O–H groups in total. The molecular formula is C7H13IO2. The molecular weight excluding hydrogens is 243 g/mol. The topological polar surface area (TPSA) is 18.5 Å². The van der Waals surface area contributed by atoms with Crippen LogP contribution in [0.25, 0.3) is 0 Å². The van der Waals surface area contributed by atoms with Crippen LogP contribution in [0.5, 0.6) is 0 Å². The highest BCUT2D eigenvalue weighted by Crippen LogP contribution is 2.15. The van der Waals surface area contributed by atoms with Gasteiger partial charge in [-0.3, -0.25) is 0 Å². The molecule has 1 heterocycles. The summed E-state index contributed by atoms with van der Waals surface area (Å²) >= 11 is 2.25. The summed E-state index contributed by atoms with van der Waals surface area (Å²) in [4.78, 5) is 0. The summed E-state index contributed by atoms with van der Waals surface area (Å²) in [6.45, 7) is 3.70. The fraction of sp³-hybridized carbons (Fsp3) is 1.00. The van der Waals surface area contributed by atoms with Crippen molar-refractivity contribution in [1.82, 2.24) is 0 Å². The van der Waals surface area contributed by atoms with Gasteiger partial charge in [0.05, 0.1) is 19.3 Å².